The van der Waals surface area contributed by atoms with Crippen molar-refractivity contribution in [1.29, 1.82) is 0 Å². The summed E-state index contributed by atoms with van der Waals surface area (Å²) in [5, 5.41) is 0. The Hall–Kier alpha value is -1.43. The Morgan fingerprint density at radius 3 is 2.48 bits per heavy atom. The molecular formula is C16H18BrNO3. The molecular weight excluding hydrogens is 334 g/mol. The monoisotopic (exact) mass is 351 g/mol. The van der Waals surface area contributed by atoms with Gasteiger partial charge >= 0.3 is 0 Å². The minimum Gasteiger partial charge on any atom is -0.475 e. The molecule has 0 unspecified atom stereocenters. The number of pyridine rings is 1. The van der Waals surface area contributed by atoms with Gasteiger partial charge in [-0.3, -0.25) is 0 Å². The average Bonchev–Trinajstić information content (AvgIpc) is 2.51. The van der Waals surface area contributed by atoms with Crippen LogP contribution in [-0.2, 0) is 16.1 Å². The van der Waals surface area contributed by atoms with Crippen molar-refractivity contribution in [3.05, 3.63) is 58.7 Å². The summed E-state index contributed by atoms with van der Waals surface area (Å²) < 4.78 is 17.4. The largest absolute Gasteiger partial charge is 0.475 e. The van der Waals surface area contributed by atoms with Gasteiger partial charge < -0.3 is 14.2 Å². The number of halogens is 1. The van der Waals surface area contributed by atoms with Gasteiger partial charge in [0.05, 0.1) is 26.4 Å². The number of hydrogen-bond donors (Lipinski definition) is 0. The van der Waals surface area contributed by atoms with Crippen molar-refractivity contribution in [2.75, 3.05) is 26.4 Å². The fourth-order valence-electron chi connectivity index (χ4n) is 1.65. The predicted octanol–water partition coefficient (Wildman–Crippen LogP) is 3.46. The summed E-state index contributed by atoms with van der Waals surface area (Å²) in [5.74, 6) is 0.591. The lowest BCUT2D eigenvalue weighted by atomic mass is 10.2. The van der Waals surface area contributed by atoms with E-state index in [1.807, 2.05) is 42.5 Å². The van der Waals surface area contributed by atoms with Crippen LogP contribution in [0.25, 0.3) is 0 Å². The molecule has 0 amide bonds. The maximum atomic E-state index is 5.52. The topological polar surface area (TPSA) is 40.6 Å². The third-order valence-electron chi connectivity index (χ3n) is 2.66. The lowest BCUT2D eigenvalue weighted by molar-refractivity contribution is 0.0299. The SMILES string of the molecule is Brc1ccnc(OCCOCCOCc2ccccc2)c1. The van der Waals surface area contributed by atoms with Crippen LogP contribution in [0.2, 0.25) is 0 Å². The minimum absolute atomic E-state index is 0.474. The Kier molecular flexibility index (Phi) is 7.21. The zero-order valence-electron chi connectivity index (χ0n) is 11.7. The van der Waals surface area contributed by atoms with Crippen LogP contribution in [0.1, 0.15) is 5.56 Å². The molecule has 0 saturated carbocycles. The molecule has 112 valence electrons. The molecule has 21 heavy (non-hydrogen) atoms. The van der Waals surface area contributed by atoms with E-state index < -0.39 is 0 Å². The molecule has 1 aromatic heterocycles. The standard InChI is InChI=1S/C16H18BrNO3/c17-15-6-7-18-16(12-15)21-11-10-19-8-9-20-13-14-4-2-1-3-5-14/h1-7,12H,8-11,13H2. The number of ether oxygens (including phenoxy) is 3. The maximum absolute atomic E-state index is 5.52. The number of hydrogen-bond acceptors (Lipinski definition) is 4. The van der Waals surface area contributed by atoms with Crippen LogP contribution in [0.15, 0.2) is 53.1 Å². The fraction of sp³-hybridized carbons (Fsp3) is 0.312. The predicted molar refractivity (Wildman–Crippen MR) is 84.3 cm³/mol. The lowest BCUT2D eigenvalue weighted by Gasteiger charge is -2.07. The quantitative estimate of drug-likeness (QED) is 0.648. The molecule has 1 aromatic carbocycles. The summed E-state index contributed by atoms with van der Waals surface area (Å²) in [4.78, 5) is 4.09. The van der Waals surface area contributed by atoms with E-state index in [9.17, 15) is 0 Å². The Balaban J connectivity index is 1.47. The molecule has 0 fully saturated rings. The van der Waals surface area contributed by atoms with Gasteiger partial charge in [0.1, 0.15) is 6.61 Å². The summed E-state index contributed by atoms with van der Waals surface area (Å²) in [6.45, 7) is 2.74. The van der Waals surface area contributed by atoms with Crippen molar-refractivity contribution in [3.8, 4) is 5.88 Å². The Morgan fingerprint density at radius 2 is 1.67 bits per heavy atom. The van der Waals surface area contributed by atoms with E-state index in [2.05, 4.69) is 20.9 Å². The highest BCUT2D eigenvalue weighted by Crippen LogP contribution is 2.14. The molecule has 0 N–H and O–H groups in total. The molecule has 0 saturated heterocycles. The summed E-state index contributed by atoms with van der Waals surface area (Å²) in [6, 6.07) is 13.8. The molecule has 0 aliphatic heterocycles. The summed E-state index contributed by atoms with van der Waals surface area (Å²) >= 11 is 3.36. The molecule has 0 radical (unpaired) electrons. The van der Waals surface area contributed by atoms with Crippen LogP contribution in [0.3, 0.4) is 0 Å². The second-order valence-corrected chi connectivity index (χ2v) is 5.23. The van der Waals surface area contributed by atoms with Crippen molar-refractivity contribution in [2.24, 2.45) is 0 Å². The van der Waals surface area contributed by atoms with Gasteiger partial charge in [0.2, 0.25) is 5.88 Å². The van der Waals surface area contributed by atoms with Crippen LogP contribution in [0.4, 0.5) is 0 Å². The summed E-state index contributed by atoms with van der Waals surface area (Å²) in [7, 11) is 0. The van der Waals surface area contributed by atoms with Crippen LogP contribution in [0, 0.1) is 0 Å². The molecule has 2 rings (SSSR count). The van der Waals surface area contributed by atoms with E-state index in [1.54, 1.807) is 6.20 Å². The third kappa shape index (κ3) is 6.71. The zero-order valence-corrected chi connectivity index (χ0v) is 13.3. The van der Waals surface area contributed by atoms with E-state index in [4.69, 9.17) is 14.2 Å². The number of aromatic nitrogens is 1. The first-order valence-electron chi connectivity index (χ1n) is 6.78. The maximum Gasteiger partial charge on any atom is 0.214 e. The Bertz CT molecular complexity index is 522. The molecule has 4 nitrogen and oxygen atoms in total. The van der Waals surface area contributed by atoms with Gasteiger partial charge in [0.25, 0.3) is 0 Å². The van der Waals surface area contributed by atoms with Crippen LogP contribution in [0.5, 0.6) is 5.88 Å². The van der Waals surface area contributed by atoms with Gasteiger partial charge in [-0.05, 0) is 11.6 Å². The van der Waals surface area contributed by atoms with Crippen molar-refractivity contribution in [2.45, 2.75) is 6.61 Å². The normalized spacial score (nSPS) is 10.5. The van der Waals surface area contributed by atoms with Crippen molar-refractivity contribution < 1.29 is 14.2 Å². The first-order valence-corrected chi connectivity index (χ1v) is 7.57. The Labute approximate surface area is 133 Å². The van der Waals surface area contributed by atoms with Crippen molar-refractivity contribution in [1.82, 2.24) is 4.98 Å². The second-order valence-electron chi connectivity index (χ2n) is 4.31. The highest BCUT2D eigenvalue weighted by atomic mass is 79.9. The van der Waals surface area contributed by atoms with Gasteiger partial charge in [-0.15, -0.1) is 0 Å². The van der Waals surface area contributed by atoms with Gasteiger partial charge in [-0.2, -0.15) is 0 Å². The van der Waals surface area contributed by atoms with Gasteiger partial charge in [-0.1, -0.05) is 46.3 Å². The molecule has 2 aromatic rings. The first kappa shape index (κ1) is 15.9. The van der Waals surface area contributed by atoms with E-state index in [-0.39, 0.29) is 0 Å². The molecule has 0 aliphatic carbocycles. The van der Waals surface area contributed by atoms with E-state index in [0.717, 1.165) is 4.47 Å². The molecule has 0 aliphatic rings. The Morgan fingerprint density at radius 1 is 0.905 bits per heavy atom. The van der Waals surface area contributed by atoms with Gasteiger partial charge in [0.15, 0.2) is 0 Å². The molecule has 5 heteroatoms. The summed E-state index contributed by atoms with van der Waals surface area (Å²) in [5.41, 5.74) is 1.17. The van der Waals surface area contributed by atoms with E-state index in [1.165, 1.54) is 5.56 Å². The van der Waals surface area contributed by atoms with Crippen molar-refractivity contribution in [3.63, 3.8) is 0 Å². The highest BCUT2D eigenvalue weighted by Gasteiger charge is 1.97. The van der Waals surface area contributed by atoms with Gasteiger partial charge in [-0.25, -0.2) is 4.98 Å². The second kappa shape index (κ2) is 9.50. The zero-order chi connectivity index (χ0) is 14.8. The van der Waals surface area contributed by atoms with Crippen LogP contribution in [-0.4, -0.2) is 31.4 Å². The molecule has 1 heterocycles. The lowest BCUT2D eigenvalue weighted by Crippen LogP contribution is -2.11. The van der Waals surface area contributed by atoms with Crippen LogP contribution < -0.4 is 4.74 Å². The van der Waals surface area contributed by atoms with Crippen molar-refractivity contribution >= 4 is 15.9 Å². The molecule has 0 atom stereocenters. The fourth-order valence-corrected chi connectivity index (χ4v) is 1.97. The number of nitrogens with zero attached hydrogens (tertiary/aromatic N) is 1. The average molecular weight is 352 g/mol. The summed E-state index contributed by atoms with van der Waals surface area (Å²) in [6.07, 6.45) is 1.69. The molecule has 0 bridgehead atoms. The smallest absolute Gasteiger partial charge is 0.214 e. The van der Waals surface area contributed by atoms with E-state index >= 15 is 0 Å². The molecule has 0 spiro atoms. The first-order chi connectivity index (χ1) is 10.3. The minimum atomic E-state index is 0.474. The number of rotatable bonds is 9. The third-order valence-corrected chi connectivity index (χ3v) is 3.15. The van der Waals surface area contributed by atoms with Gasteiger partial charge in [0, 0.05) is 16.7 Å². The van der Waals surface area contributed by atoms with Crippen LogP contribution >= 0.6 is 15.9 Å². The number of benzene rings is 1. The van der Waals surface area contributed by atoms with E-state index in [0.29, 0.717) is 38.9 Å². The highest BCUT2D eigenvalue weighted by molar-refractivity contribution is 9.10.